The molecule has 0 aromatic heterocycles. The number of benzene rings is 2. The molecule has 0 radical (unpaired) electrons. The summed E-state index contributed by atoms with van der Waals surface area (Å²) in [6.45, 7) is 0. The molecule has 19 heavy (non-hydrogen) atoms. The van der Waals surface area contributed by atoms with E-state index in [1.807, 2.05) is 61.8 Å². The Balaban J connectivity index is 2.53. The van der Waals surface area contributed by atoms with Gasteiger partial charge in [0.05, 0.1) is 11.3 Å². The Morgan fingerprint density at radius 3 is 2.37 bits per heavy atom. The lowest BCUT2D eigenvalue weighted by molar-refractivity contribution is 1.18. The van der Waals surface area contributed by atoms with E-state index in [0.29, 0.717) is 0 Å². The van der Waals surface area contributed by atoms with Gasteiger partial charge in [0.15, 0.2) is 0 Å². The van der Waals surface area contributed by atoms with E-state index in [4.69, 9.17) is 11.1 Å². The second kappa shape index (κ2) is 5.80. The van der Waals surface area contributed by atoms with Crippen molar-refractivity contribution in [3.8, 4) is 0 Å². The highest BCUT2D eigenvalue weighted by Gasteiger charge is 2.14. The fraction of sp³-hybridized carbons (Fsp3) is 0.133. The Kier molecular flexibility index (Phi) is 4.12. The van der Waals surface area contributed by atoms with Crippen LogP contribution in [0.1, 0.15) is 5.56 Å². The molecule has 0 aliphatic carbocycles. The van der Waals surface area contributed by atoms with Crippen molar-refractivity contribution < 1.29 is 0 Å². The number of nitrogens with zero attached hydrogens (tertiary/aromatic N) is 1. The fourth-order valence-corrected chi connectivity index (χ4v) is 2.66. The number of anilines is 2. The maximum absolute atomic E-state index is 7.81. The molecule has 2 aromatic carbocycles. The molecule has 0 saturated carbocycles. The van der Waals surface area contributed by atoms with Gasteiger partial charge in [-0.1, -0.05) is 24.3 Å². The van der Waals surface area contributed by atoms with Gasteiger partial charge in [0.25, 0.3) is 0 Å². The lowest BCUT2D eigenvalue weighted by atomic mass is 10.1. The van der Waals surface area contributed by atoms with Crippen LogP contribution in [0, 0.1) is 5.41 Å². The maximum atomic E-state index is 7.81. The third kappa shape index (κ3) is 2.74. The SMILES string of the molecule is CSc1cccc(N(C)c2ccccc2)c1C(=N)N. The molecule has 0 aliphatic heterocycles. The molecule has 4 heteroatoms. The summed E-state index contributed by atoms with van der Waals surface area (Å²) in [5.41, 5.74) is 8.57. The zero-order valence-electron chi connectivity index (χ0n) is 11.1. The average Bonchev–Trinajstić information content (AvgIpc) is 2.46. The minimum Gasteiger partial charge on any atom is -0.384 e. The number of rotatable bonds is 4. The highest BCUT2D eigenvalue weighted by molar-refractivity contribution is 7.98. The fourth-order valence-electron chi connectivity index (χ4n) is 2.03. The predicted molar refractivity (Wildman–Crippen MR) is 83.7 cm³/mol. The Labute approximate surface area is 117 Å². The minimum atomic E-state index is 0.0998. The smallest absolute Gasteiger partial charge is 0.126 e. The number of thioether (sulfide) groups is 1. The van der Waals surface area contributed by atoms with Crippen LogP contribution in [-0.4, -0.2) is 19.1 Å². The van der Waals surface area contributed by atoms with Gasteiger partial charge in [-0.2, -0.15) is 0 Å². The first-order valence-electron chi connectivity index (χ1n) is 5.95. The number of nitrogens with one attached hydrogen (secondary N) is 1. The van der Waals surface area contributed by atoms with Gasteiger partial charge in [0, 0.05) is 17.6 Å². The molecule has 0 unspecified atom stereocenters. The van der Waals surface area contributed by atoms with Crippen LogP contribution in [-0.2, 0) is 0 Å². The number of para-hydroxylation sites is 1. The third-order valence-corrected chi connectivity index (χ3v) is 3.78. The normalized spacial score (nSPS) is 10.2. The van der Waals surface area contributed by atoms with Gasteiger partial charge in [-0.15, -0.1) is 11.8 Å². The Bertz CT molecular complexity index is 581. The van der Waals surface area contributed by atoms with Gasteiger partial charge in [0.2, 0.25) is 0 Å². The van der Waals surface area contributed by atoms with E-state index in [9.17, 15) is 0 Å². The zero-order chi connectivity index (χ0) is 13.8. The first kappa shape index (κ1) is 13.5. The molecule has 0 saturated heterocycles. The van der Waals surface area contributed by atoms with Gasteiger partial charge in [0.1, 0.15) is 5.84 Å². The molecule has 2 rings (SSSR count). The number of nitrogen functional groups attached to an aromatic ring is 1. The molecule has 0 bridgehead atoms. The van der Waals surface area contributed by atoms with Crippen molar-refractivity contribution in [1.29, 1.82) is 5.41 Å². The van der Waals surface area contributed by atoms with Crippen LogP contribution in [0.25, 0.3) is 0 Å². The molecular weight excluding hydrogens is 254 g/mol. The van der Waals surface area contributed by atoms with Gasteiger partial charge >= 0.3 is 0 Å². The Morgan fingerprint density at radius 2 is 1.79 bits per heavy atom. The van der Waals surface area contributed by atoms with Crippen molar-refractivity contribution in [2.75, 3.05) is 18.2 Å². The lowest BCUT2D eigenvalue weighted by Crippen LogP contribution is -2.19. The molecule has 3 nitrogen and oxygen atoms in total. The average molecular weight is 271 g/mol. The summed E-state index contributed by atoms with van der Waals surface area (Å²) >= 11 is 1.60. The quantitative estimate of drug-likeness (QED) is 0.508. The van der Waals surface area contributed by atoms with Crippen LogP contribution in [0.5, 0.6) is 0 Å². The summed E-state index contributed by atoms with van der Waals surface area (Å²) in [6.07, 6.45) is 1.99. The van der Waals surface area contributed by atoms with Crippen LogP contribution in [0.2, 0.25) is 0 Å². The van der Waals surface area contributed by atoms with Crippen LogP contribution < -0.4 is 10.6 Å². The van der Waals surface area contributed by atoms with Crippen molar-refractivity contribution in [1.82, 2.24) is 0 Å². The number of hydrogen-bond acceptors (Lipinski definition) is 3. The van der Waals surface area contributed by atoms with Crippen molar-refractivity contribution in [2.45, 2.75) is 4.90 Å². The first-order valence-corrected chi connectivity index (χ1v) is 7.17. The standard InChI is InChI=1S/C15H17N3S/c1-18(11-7-4-3-5-8-11)12-9-6-10-13(19-2)14(12)15(16)17/h3-10H,1-2H3,(H3,16,17). The van der Waals surface area contributed by atoms with Crippen molar-refractivity contribution >= 4 is 29.0 Å². The minimum absolute atomic E-state index is 0.0998. The molecule has 0 fully saturated rings. The Hall–Kier alpha value is -1.94. The number of nitrogens with two attached hydrogens (primary N) is 1. The largest absolute Gasteiger partial charge is 0.384 e. The highest BCUT2D eigenvalue weighted by Crippen LogP contribution is 2.32. The summed E-state index contributed by atoms with van der Waals surface area (Å²) in [7, 11) is 1.99. The number of hydrogen-bond donors (Lipinski definition) is 2. The first-order chi connectivity index (χ1) is 9.15. The monoisotopic (exact) mass is 271 g/mol. The third-order valence-electron chi connectivity index (χ3n) is 3.00. The molecule has 0 spiro atoms. The maximum Gasteiger partial charge on any atom is 0.126 e. The summed E-state index contributed by atoms with van der Waals surface area (Å²) in [4.78, 5) is 3.07. The van der Waals surface area contributed by atoms with Crippen molar-refractivity contribution in [3.05, 3.63) is 54.1 Å². The van der Waals surface area contributed by atoms with E-state index < -0.39 is 0 Å². The van der Waals surface area contributed by atoms with Crippen molar-refractivity contribution in [3.63, 3.8) is 0 Å². The topological polar surface area (TPSA) is 53.1 Å². The highest BCUT2D eigenvalue weighted by atomic mass is 32.2. The van der Waals surface area contributed by atoms with Gasteiger partial charge in [-0.25, -0.2) is 0 Å². The van der Waals surface area contributed by atoms with Crippen LogP contribution in [0.3, 0.4) is 0 Å². The summed E-state index contributed by atoms with van der Waals surface area (Å²) in [5.74, 6) is 0.0998. The van der Waals surface area contributed by atoms with E-state index in [2.05, 4.69) is 4.90 Å². The van der Waals surface area contributed by atoms with Crippen LogP contribution >= 0.6 is 11.8 Å². The summed E-state index contributed by atoms with van der Waals surface area (Å²) in [6, 6.07) is 16.0. The van der Waals surface area contributed by atoms with Crippen LogP contribution in [0.4, 0.5) is 11.4 Å². The zero-order valence-corrected chi connectivity index (χ0v) is 11.9. The molecule has 2 aromatic rings. The molecule has 0 heterocycles. The molecule has 3 N–H and O–H groups in total. The molecule has 0 amide bonds. The second-order valence-corrected chi connectivity index (χ2v) is 5.01. The van der Waals surface area contributed by atoms with Gasteiger partial charge < -0.3 is 10.6 Å². The van der Waals surface area contributed by atoms with Gasteiger partial charge in [-0.05, 0) is 30.5 Å². The molecular formula is C15H17N3S. The predicted octanol–water partition coefficient (Wildman–Crippen LogP) is 3.46. The lowest BCUT2D eigenvalue weighted by Gasteiger charge is -2.23. The molecule has 0 atom stereocenters. The van der Waals surface area contributed by atoms with E-state index in [0.717, 1.165) is 21.8 Å². The van der Waals surface area contributed by atoms with E-state index >= 15 is 0 Å². The molecule has 0 aliphatic rings. The second-order valence-electron chi connectivity index (χ2n) is 4.16. The molecule has 98 valence electrons. The van der Waals surface area contributed by atoms with Gasteiger partial charge in [-0.3, -0.25) is 5.41 Å². The summed E-state index contributed by atoms with van der Waals surface area (Å²) in [5, 5.41) is 7.81. The van der Waals surface area contributed by atoms with Crippen LogP contribution in [0.15, 0.2) is 53.4 Å². The summed E-state index contributed by atoms with van der Waals surface area (Å²) < 4.78 is 0. The number of amidine groups is 1. The van der Waals surface area contributed by atoms with E-state index in [1.54, 1.807) is 11.8 Å². The van der Waals surface area contributed by atoms with E-state index in [1.165, 1.54) is 0 Å². The van der Waals surface area contributed by atoms with Crippen molar-refractivity contribution in [2.24, 2.45) is 5.73 Å². The Morgan fingerprint density at radius 1 is 1.11 bits per heavy atom. The van der Waals surface area contributed by atoms with E-state index in [-0.39, 0.29) is 5.84 Å².